The molecule has 4 aromatic rings. The molecule has 2 aromatic heterocycles. The van der Waals surface area contributed by atoms with Crippen molar-refractivity contribution >= 4 is 21.9 Å². The van der Waals surface area contributed by atoms with Gasteiger partial charge in [-0.1, -0.05) is 30.3 Å². The van der Waals surface area contributed by atoms with E-state index in [1.807, 2.05) is 41.9 Å². The third kappa shape index (κ3) is 1.87. The number of aryl methyl sites for hydroxylation is 1. The summed E-state index contributed by atoms with van der Waals surface area (Å²) in [5, 5.41) is 11.2. The van der Waals surface area contributed by atoms with Crippen LogP contribution < -0.4 is 5.56 Å². The SMILES string of the molecule is Cn1c2ccccc2c2c(-c3ccc(F)cc3)c(C#N)c(=O)[nH]c21. The molecule has 116 valence electrons. The highest BCUT2D eigenvalue weighted by Crippen LogP contribution is 2.35. The Labute approximate surface area is 136 Å². The molecule has 0 fully saturated rings. The van der Waals surface area contributed by atoms with Crippen molar-refractivity contribution in [3.8, 4) is 17.2 Å². The second-order valence-corrected chi connectivity index (χ2v) is 5.62. The molecule has 5 heteroatoms. The third-order valence-corrected chi connectivity index (χ3v) is 4.31. The second-order valence-electron chi connectivity index (χ2n) is 5.62. The quantitative estimate of drug-likeness (QED) is 0.582. The molecule has 1 N–H and O–H groups in total. The lowest BCUT2D eigenvalue weighted by Crippen LogP contribution is -2.13. The number of hydrogen-bond acceptors (Lipinski definition) is 2. The third-order valence-electron chi connectivity index (χ3n) is 4.31. The first-order valence-corrected chi connectivity index (χ1v) is 7.41. The van der Waals surface area contributed by atoms with Gasteiger partial charge in [0.15, 0.2) is 0 Å². The van der Waals surface area contributed by atoms with E-state index in [0.717, 1.165) is 16.3 Å². The largest absolute Gasteiger partial charge is 0.330 e. The first-order valence-electron chi connectivity index (χ1n) is 7.41. The van der Waals surface area contributed by atoms with Gasteiger partial charge in [0.05, 0.1) is 5.52 Å². The fourth-order valence-corrected chi connectivity index (χ4v) is 3.21. The van der Waals surface area contributed by atoms with Gasteiger partial charge < -0.3 is 9.55 Å². The van der Waals surface area contributed by atoms with E-state index in [-0.39, 0.29) is 11.4 Å². The maximum Gasteiger partial charge on any atom is 0.268 e. The summed E-state index contributed by atoms with van der Waals surface area (Å²) >= 11 is 0. The van der Waals surface area contributed by atoms with Crippen molar-refractivity contribution in [1.29, 1.82) is 5.26 Å². The van der Waals surface area contributed by atoms with E-state index < -0.39 is 5.56 Å². The molecule has 0 saturated carbocycles. The van der Waals surface area contributed by atoms with E-state index in [1.165, 1.54) is 12.1 Å². The van der Waals surface area contributed by atoms with Crippen LogP contribution in [0.25, 0.3) is 33.1 Å². The van der Waals surface area contributed by atoms with E-state index in [9.17, 15) is 14.4 Å². The Kier molecular flexibility index (Phi) is 3.00. The summed E-state index contributed by atoms with van der Waals surface area (Å²) in [6.07, 6.45) is 0. The van der Waals surface area contributed by atoms with Crippen LogP contribution >= 0.6 is 0 Å². The molecule has 2 aromatic carbocycles. The van der Waals surface area contributed by atoms with Gasteiger partial charge in [0.25, 0.3) is 5.56 Å². The Morgan fingerprint density at radius 3 is 2.54 bits per heavy atom. The number of hydrogen-bond donors (Lipinski definition) is 1. The van der Waals surface area contributed by atoms with Crippen molar-refractivity contribution in [3.05, 3.63) is 70.3 Å². The molecule has 0 radical (unpaired) electrons. The molecule has 2 heterocycles. The summed E-state index contributed by atoms with van der Waals surface area (Å²) in [7, 11) is 1.86. The molecule has 0 aliphatic heterocycles. The fraction of sp³-hybridized carbons (Fsp3) is 0.0526. The number of rotatable bonds is 1. The molecule has 0 spiro atoms. The maximum absolute atomic E-state index is 13.3. The fourth-order valence-electron chi connectivity index (χ4n) is 3.21. The predicted octanol–water partition coefficient (Wildman–Crippen LogP) is 3.70. The van der Waals surface area contributed by atoms with Gasteiger partial charge in [-0.3, -0.25) is 4.79 Å². The molecule has 0 aliphatic carbocycles. The lowest BCUT2D eigenvalue weighted by molar-refractivity contribution is 0.628. The van der Waals surface area contributed by atoms with Gasteiger partial charge in [-0.15, -0.1) is 0 Å². The van der Waals surface area contributed by atoms with E-state index in [4.69, 9.17) is 0 Å². The zero-order valence-corrected chi connectivity index (χ0v) is 12.8. The topological polar surface area (TPSA) is 61.6 Å². The van der Waals surface area contributed by atoms with E-state index >= 15 is 0 Å². The number of fused-ring (bicyclic) bond motifs is 3. The molecule has 4 rings (SSSR count). The minimum absolute atomic E-state index is 0.0328. The number of nitrogens with one attached hydrogen (secondary N) is 1. The highest BCUT2D eigenvalue weighted by Gasteiger charge is 2.19. The van der Waals surface area contributed by atoms with Crippen LogP contribution in [0.3, 0.4) is 0 Å². The number of halogens is 1. The van der Waals surface area contributed by atoms with Crippen LogP contribution in [0.2, 0.25) is 0 Å². The zero-order valence-electron chi connectivity index (χ0n) is 12.8. The number of pyridine rings is 1. The van der Waals surface area contributed by atoms with E-state index in [2.05, 4.69) is 4.98 Å². The van der Waals surface area contributed by atoms with Gasteiger partial charge in [-0.25, -0.2) is 4.39 Å². The van der Waals surface area contributed by atoms with Crippen LogP contribution in [0.5, 0.6) is 0 Å². The predicted molar refractivity (Wildman–Crippen MR) is 91.2 cm³/mol. The van der Waals surface area contributed by atoms with E-state index in [1.54, 1.807) is 12.1 Å². The smallest absolute Gasteiger partial charge is 0.268 e. The summed E-state index contributed by atoms with van der Waals surface area (Å²) in [6, 6.07) is 15.6. The van der Waals surface area contributed by atoms with Crippen molar-refractivity contribution < 1.29 is 4.39 Å². The highest BCUT2D eigenvalue weighted by atomic mass is 19.1. The van der Waals surface area contributed by atoms with Gasteiger partial charge in [-0.2, -0.15) is 5.26 Å². The van der Waals surface area contributed by atoms with Crippen LogP contribution in [-0.4, -0.2) is 9.55 Å². The Bertz CT molecular complexity index is 1190. The standard InChI is InChI=1S/C19H12FN3O/c1-23-15-5-3-2-4-13(15)17-16(11-6-8-12(20)9-7-11)14(10-21)19(24)22-18(17)23/h2-9H,1H3,(H,22,24). The molecule has 4 nitrogen and oxygen atoms in total. The van der Waals surface area contributed by atoms with Gasteiger partial charge >= 0.3 is 0 Å². The number of aromatic amines is 1. The number of para-hydroxylation sites is 1. The van der Waals surface area contributed by atoms with Crippen molar-refractivity contribution in [3.63, 3.8) is 0 Å². The molecule has 0 bridgehead atoms. The molecule has 0 saturated heterocycles. The summed E-state index contributed by atoms with van der Waals surface area (Å²) in [5.74, 6) is -0.365. The summed E-state index contributed by atoms with van der Waals surface area (Å²) in [6.45, 7) is 0. The Balaban J connectivity index is 2.29. The Morgan fingerprint density at radius 2 is 1.83 bits per heavy atom. The van der Waals surface area contributed by atoms with E-state index in [0.29, 0.717) is 16.8 Å². The highest BCUT2D eigenvalue weighted by molar-refractivity contribution is 6.14. The summed E-state index contributed by atoms with van der Waals surface area (Å²) < 4.78 is 15.2. The van der Waals surface area contributed by atoms with Crippen molar-refractivity contribution in [1.82, 2.24) is 9.55 Å². The van der Waals surface area contributed by atoms with Crippen LogP contribution in [0.15, 0.2) is 53.3 Å². The van der Waals surface area contributed by atoms with Crippen LogP contribution in [0, 0.1) is 17.1 Å². The molecule has 0 aliphatic rings. The second kappa shape index (κ2) is 5.07. The van der Waals surface area contributed by atoms with Gasteiger partial charge in [-0.05, 0) is 23.8 Å². The minimum Gasteiger partial charge on any atom is -0.330 e. The van der Waals surface area contributed by atoms with Crippen molar-refractivity contribution in [2.24, 2.45) is 7.05 Å². The first kappa shape index (κ1) is 14.2. The average Bonchev–Trinajstić information content (AvgIpc) is 2.87. The van der Waals surface area contributed by atoms with Crippen molar-refractivity contribution in [2.75, 3.05) is 0 Å². The van der Waals surface area contributed by atoms with Crippen LogP contribution in [-0.2, 0) is 7.05 Å². The van der Waals surface area contributed by atoms with Gasteiger partial charge in [0, 0.05) is 23.4 Å². The maximum atomic E-state index is 13.3. The van der Waals surface area contributed by atoms with Gasteiger partial charge in [0.2, 0.25) is 0 Å². The molecule has 0 unspecified atom stereocenters. The molecular formula is C19H12FN3O. The number of aromatic nitrogens is 2. The first-order chi connectivity index (χ1) is 11.6. The monoisotopic (exact) mass is 317 g/mol. The molecule has 0 atom stereocenters. The van der Waals surface area contributed by atoms with Crippen LogP contribution in [0.1, 0.15) is 5.56 Å². The van der Waals surface area contributed by atoms with Gasteiger partial charge in [0.1, 0.15) is 23.1 Å². The summed E-state index contributed by atoms with van der Waals surface area (Å²) in [4.78, 5) is 15.2. The summed E-state index contributed by atoms with van der Waals surface area (Å²) in [5.41, 5.74) is 2.34. The van der Waals surface area contributed by atoms with Crippen molar-refractivity contribution in [2.45, 2.75) is 0 Å². The Hall–Kier alpha value is -3.39. The average molecular weight is 317 g/mol. The molecule has 24 heavy (non-hydrogen) atoms. The van der Waals surface area contributed by atoms with Crippen LogP contribution in [0.4, 0.5) is 4.39 Å². The number of benzene rings is 2. The number of nitriles is 1. The lowest BCUT2D eigenvalue weighted by atomic mass is 9.97. The normalized spacial score (nSPS) is 11.0. The number of nitrogens with zero attached hydrogens (tertiary/aromatic N) is 2. The molecule has 0 amide bonds. The molecular weight excluding hydrogens is 305 g/mol. The zero-order chi connectivity index (χ0) is 16.8. The number of H-pyrrole nitrogens is 1. The lowest BCUT2D eigenvalue weighted by Gasteiger charge is -2.07. The minimum atomic E-state index is -0.449. The Morgan fingerprint density at radius 1 is 1.12 bits per heavy atom.